The van der Waals surface area contributed by atoms with Gasteiger partial charge in [-0.2, -0.15) is 0 Å². The van der Waals surface area contributed by atoms with E-state index < -0.39 is 5.97 Å². The first kappa shape index (κ1) is 12.8. The van der Waals surface area contributed by atoms with Crippen molar-refractivity contribution in [3.8, 4) is 0 Å². The molecule has 2 heterocycles. The molecular formula is C13H12N2O4. The van der Waals surface area contributed by atoms with Gasteiger partial charge in [0.05, 0.1) is 6.54 Å². The van der Waals surface area contributed by atoms with Crippen molar-refractivity contribution in [1.29, 1.82) is 0 Å². The van der Waals surface area contributed by atoms with E-state index in [9.17, 15) is 9.59 Å². The normalized spacial score (nSPS) is 10.2. The number of aromatic nitrogens is 1. The predicted octanol–water partition coefficient (Wildman–Crippen LogP) is 1.61. The van der Waals surface area contributed by atoms with E-state index >= 15 is 0 Å². The Kier molecular flexibility index (Phi) is 3.61. The summed E-state index contributed by atoms with van der Waals surface area (Å²) in [5.41, 5.74) is 0.0807. The van der Waals surface area contributed by atoms with Gasteiger partial charge >= 0.3 is 5.97 Å². The van der Waals surface area contributed by atoms with Crippen LogP contribution < -0.4 is 5.32 Å². The predicted molar refractivity (Wildman–Crippen MR) is 65.8 cm³/mol. The van der Waals surface area contributed by atoms with Crippen molar-refractivity contribution in [3.63, 3.8) is 0 Å². The van der Waals surface area contributed by atoms with Crippen LogP contribution in [-0.4, -0.2) is 22.0 Å². The molecule has 0 aliphatic carbocycles. The Hall–Kier alpha value is -2.63. The molecule has 2 rings (SSSR count). The van der Waals surface area contributed by atoms with Gasteiger partial charge in [0, 0.05) is 11.8 Å². The topological polar surface area (TPSA) is 92.4 Å². The minimum Gasteiger partial charge on any atom is -0.477 e. The number of carbonyl (C=O) groups excluding carboxylic acids is 1. The van der Waals surface area contributed by atoms with Crippen molar-refractivity contribution < 1.29 is 19.1 Å². The maximum atomic E-state index is 11.8. The fourth-order valence-electron chi connectivity index (χ4n) is 1.54. The van der Waals surface area contributed by atoms with Gasteiger partial charge in [-0.15, -0.1) is 0 Å². The quantitative estimate of drug-likeness (QED) is 0.871. The number of furan rings is 1. The summed E-state index contributed by atoms with van der Waals surface area (Å²) in [6, 6.07) is 6.25. The maximum Gasteiger partial charge on any atom is 0.354 e. The Morgan fingerprint density at radius 1 is 1.37 bits per heavy atom. The van der Waals surface area contributed by atoms with Crippen molar-refractivity contribution in [1.82, 2.24) is 10.3 Å². The summed E-state index contributed by atoms with van der Waals surface area (Å²) in [5, 5.41) is 11.4. The molecule has 0 aliphatic heterocycles. The summed E-state index contributed by atoms with van der Waals surface area (Å²) >= 11 is 0. The van der Waals surface area contributed by atoms with E-state index in [2.05, 4.69) is 10.3 Å². The lowest BCUT2D eigenvalue weighted by atomic mass is 10.2. The van der Waals surface area contributed by atoms with E-state index in [1.807, 2.05) is 6.92 Å². The molecule has 98 valence electrons. The molecule has 0 radical (unpaired) electrons. The van der Waals surface area contributed by atoms with Gasteiger partial charge < -0.3 is 14.8 Å². The third-order valence-corrected chi connectivity index (χ3v) is 2.46. The Bertz CT molecular complexity index is 619. The molecule has 2 aromatic rings. The van der Waals surface area contributed by atoms with Crippen LogP contribution in [0.25, 0.3) is 0 Å². The van der Waals surface area contributed by atoms with Gasteiger partial charge in [0.2, 0.25) is 0 Å². The lowest BCUT2D eigenvalue weighted by Gasteiger charge is -2.03. The minimum atomic E-state index is -1.17. The molecule has 0 atom stereocenters. The molecule has 0 bridgehead atoms. The fourth-order valence-corrected chi connectivity index (χ4v) is 1.54. The van der Waals surface area contributed by atoms with Gasteiger partial charge in [-0.3, -0.25) is 4.79 Å². The molecule has 0 unspecified atom stereocenters. The van der Waals surface area contributed by atoms with Crippen LogP contribution in [0.4, 0.5) is 0 Å². The highest BCUT2D eigenvalue weighted by Gasteiger charge is 2.10. The zero-order chi connectivity index (χ0) is 13.8. The molecule has 0 aromatic carbocycles. The third kappa shape index (κ3) is 3.19. The second kappa shape index (κ2) is 5.34. The zero-order valence-electron chi connectivity index (χ0n) is 10.2. The van der Waals surface area contributed by atoms with Crippen LogP contribution >= 0.6 is 0 Å². The van der Waals surface area contributed by atoms with Gasteiger partial charge in [-0.25, -0.2) is 9.78 Å². The van der Waals surface area contributed by atoms with E-state index in [0.717, 1.165) is 5.76 Å². The molecule has 0 aliphatic rings. The summed E-state index contributed by atoms with van der Waals surface area (Å²) < 4.78 is 5.31. The van der Waals surface area contributed by atoms with Gasteiger partial charge in [-0.1, -0.05) is 0 Å². The average molecular weight is 260 g/mol. The first-order valence-electron chi connectivity index (χ1n) is 5.59. The molecule has 0 saturated heterocycles. The van der Waals surface area contributed by atoms with Crippen molar-refractivity contribution in [2.75, 3.05) is 0 Å². The zero-order valence-corrected chi connectivity index (χ0v) is 10.2. The van der Waals surface area contributed by atoms with Crippen LogP contribution in [0.15, 0.2) is 34.9 Å². The van der Waals surface area contributed by atoms with Crippen LogP contribution in [0.3, 0.4) is 0 Å². The number of amides is 1. The van der Waals surface area contributed by atoms with E-state index in [1.165, 1.54) is 18.3 Å². The molecule has 19 heavy (non-hydrogen) atoms. The number of nitrogens with zero attached hydrogens (tertiary/aromatic N) is 1. The number of hydrogen-bond acceptors (Lipinski definition) is 4. The van der Waals surface area contributed by atoms with Crippen LogP contribution in [0.2, 0.25) is 0 Å². The summed E-state index contributed by atoms with van der Waals surface area (Å²) in [6.07, 6.45) is 1.29. The summed E-state index contributed by atoms with van der Waals surface area (Å²) in [7, 11) is 0. The molecule has 6 heteroatoms. The highest BCUT2D eigenvalue weighted by atomic mass is 16.4. The van der Waals surface area contributed by atoms with E-state index in [-0.39, 0.29) is 23.7 Å². The Balaban J connectivity index is 2.03. The number of carboxylic acid groups (broad SMARTS) is 1. The number of pyridine rings is 1. The Morgan fingerprint density at radius 2 is 2.16 bits per heavy atom. The van der Waals surface area contributed by atoms with Crippen LogP contribution in [0.5, 0.6) is 0 Å². The number of nitrogens with one attached hydrogen (secondary N) is 1. The first-order chi connectivity index (χ1) is 9.06. The fraction of sp³-hybridized carbons (Fsp3) is 0.154. The van der Waals surface area contributed by atoms with Gasteiger partial charge in [0.15, 0.2) is 0 Å². The molecular weight excluding hydrogens is 248 g/mol. The van der Waals surface area contributed by atoms with Gasteiger partial charge in [-0.05, 0) is 31.2 Å². The maximum absolute atomic E-state index is 11.8. The van der Waals surface area contributed by atoms with Crippen LogP contribution in [0.1, 0.15) is 32.4 Å². The standard InChI is InChI=1S/C13H12N2O4/c1-8-2-3-10(19-8)7-15-12(16)9-4-5-14-11(6-9)13(17)18/h2-6H,7H2,1H3,(H,15,16)(H,17,18). The lowest BCUT2D eigenvalue weighted by molar-refractivity contribution is 0.0690. The monoisotopic (exact) mass is 260 g/mol. The average Bonchev–Trinajstić information content (AvgIpc) is 2.82. The van der Waals surface area contributed by atoms with Crippen molar-refractivity contribution in [3.05, 3.63) is 53.2 Å². The number of aromatic carboxylic acids is 1. The van der Waals surface area contributed by atoms with E-state index in [1.54, 1.807) is 12.1 Å². The molecule has 0 spiro atoms. The second-order valence-electron chi connectivity index (χ2n) is 3.93. The number of rotatable bonds is 4. The summed E-state index contributed by atoms with van der Waals surface area (Å²) in [4.78, 5) is 26.2. The largest absolute Gasteiger partial charge is 0.477 e. The van der Waals surface area contributed by atoms with Crippen LogP contribution in [-0.2, 0) is 6.54 Å². The minimum absolute atomic E-state index is 0.165. The molecule has 2 aromatic heterocycles. The lowest BCUT2D eigenvalue weighted by Crippen LogP contribution is -2.23. The number of aryl methyl sites for hydroxylation is 1. The Labute approximate surface area is 109 Å². The van der Waals surface area contributed by atoms with Gasteiger partial charge in [0.1, 0.15) is 17.2 Å². The highest BCUT2D eigenvalue weighted by Crippen LogP contribution is 2.07. The van der Waals surface area contributed by atoms with Crippen molar-refractivity contribution in [2.45, 2.75) is 13.5 Å². The second-order valence-corrected chi connectivity index (χ2v) is 3.93. The first-order valence-corrected chi connectivity index (χ1v) is 5.59. The smallest absolute Gasteiger partial charge is 0.354 e. The third-order valence-electron chi connectivity index (χ3n) is 2.46. The van der Waals surface area contributed by atoms with Gasteiger partial charge in [0.25, 0.3) is 5.91 Å². The summed E-state index contributed by atoms with van der Waals surface area (Å²) in [5.74, 6) is -0.144. The molecule has 6 nitrogen and oxygen atoms in total. The van der Waals surface area contributed by atoms with E-state index in [4.69, 9.17) is 9.52 Å². The molecule has 2 N–H and O–H groups in total. The Morgan fingerprint density at radius 3 is 2.79 bits per heavy atom. The summed E-state index contributed by atoms with van der Waals surface area (Å²) in [6.45, 7) is 2.06. The number of hydrogen-bond donors (Lipinski definition) is 2. The van der Waals surface area contributed by atoms with E-state index in [0.29, 0.717) is 5.76 Å². The van der Waals surface area contributed by atoms with Crippen LogP contribution in [0, 0.1) is 6.92 Å². The molecule has 1 amide bonds. The SMILES string of the molecule is Cc1ccc(CNC(=O)c2ccnc(C(=O)O)c2)o1. The molecule has 0 fully saturated rings. The number of carboxylic acids is 1. The van der Waals surface area contributed by atoms with Crippen molar-refractivity contribution in [2.24, 2.45) is 0 Å². The highest BCUT2D eigenvalue weighted by molar-refractivity contribution is 5.96. The molecule has 0 saturated carbocycles. The number of carbonyl (C=O) groups is 2. The van der Waals surface area contributed by atoms with Crippen molar-refractivity contribution >= 4 is 11.9 Å².